The molecule has 0 spiro atoms. The van der Waals surface area contributed by atoms with Gasteiger partial charge >= 0.3 is 27.3 Å². The van der Waals surface area contributed by atoms with Gasteiger partial charge in [-0.05, 0) is 0 Å². The second-order valence-corrected chi connectivity index (χ2v) is 0. The quantitative estimate of drug-likeness (QED) is 0.449. The fraction of sp³-hybridized carbons (Fsp3) is 0. The molecule has 0 heterocycles. The first-order valence-electron chi connectivity index (χ1n) is 0. The minimum Gasteiger partial charge on any atom is 0 e. The van der Waals surface area contributed by atoms with E-state index in [1.54, 1.807) is 0 Å². The van der Waals surface area contributed by atoms with E-state index in [9.17, 15) is 0 Å². The van der Waals surface area contributed by atoms with Gasteiger partial charge in [0.15, 0.2) is 0 Å². The minimum absolute atomic E-state index is 0. The Labute approximate surface area is 86.4 Å². The van der Waals surface area contributed by atoms with Gasteiger partial charge in [0.25, 0.3) is 0 Å². The van der Waals surface area contributed by atoms with Crippen LogP contribution in [0.2, 0.25) is 0 Å². The molecule has 0 aromatic carbocycles. The predicted octanol–water partition coefficient (Wildman–Crippen LogP) is -0.924. The fourth-order valence-electron chi connectivity index (χ4n) is 0. The third kappa shape index (κ3) is 8.85. The average molecular weight is 416 g/mol. The van der Waals surface area contributed by atoms with Crippen LogP contribution in [-0.4, -0.2) is 27.3 Å². The summed E-state index contributed by atoms with van der Waals surface area (Å²) in [5.74, 6) is 0. The zero-order valence-electron chi connectivity index (χ0n) is 1.92. The van der Waals surface area contributed by atoms with Gasteiger partial charge < -0.3 is 0 Å². The molecule has 0 saturated heterocycles. The monoisotopic (exact) mass is 415 g/mol. The summed E-state index contributed by atoms with van der Waals surface area (Å²) in [6.07, 6.45) is 0. The maximum Gasteiger partial charge on any atom is 0 e. The first kappa shape index (κ1) is 28.8. The van der Waals surface area contributed by atoms with E-state index in [1.807, 2.05) is 0 Å². The van der Waals surface area contributed by atoms with Crippen molar-refractivity contribution in [3.8, 4) is 0 Å². The number of hydrogen-bond donors (Lipinski definition) is 0. The molecule has 0 nitrogen and oxygen atoms in total. The molecule has 3 radical (unpaired) electrons. The van der Waals surface area contributed by atoms with Crippen molar-refractivity contribution < 1.29 is 60.6 Å². The van der Waals surface area contributed by atoms with Gasteiger partial charge in [0.2, 0.25) is 0 Å². The molecular weight excluding hydrogens is 414 g/mol. The van der Waals surface area contributed by atoms with Gasteiger partial charge in [-0.25, -0.2) is 0 Å². The Morgan fingerprint density at radius 2 is 1.00 bits per heavy atom. The van der Waals surface area contributed by atoms with Gasteiger partial charge in [-0.3, -0.25) is 0 Å². The van der Waals surface area contributed by atoms with Crippen LogP contribution in [0.25, 0.3) is 0 Å². The molecule has 4 heteroatoms. The Kier molecular flexibility index (Phi) is 122. The largest absolute Gasteiger partial charge is 0 e. The van der Waals surface area contributed by atoms with Crippen LogP contribution in [0.5, 0.6) is 0 Å². The van der Waals surface area contributed by atoms with Crippen LogP contribution in [0.15, 0.2) is 0 Å². The van der Waals surface area contributed by atoms with Crippen molar-refractivity contribution in [3.05, 3.63) is 0 Å². The zero-order chi connectivity index (χ0) is 0. The Balaban J connectivity index is 0. The first-order chi connectivity index (χ1) is 0. The van der Waals surface area contributed by atoms with E-state index >= 15 is 0 Å². The van der Waals surface area contributed by atoms with Crippen LogP contribution in [0.4, 0.5) is 0 Å². The molecule has 0 aliphatic rings. The fourth-order valence-corrected chi connectivity index (χ4v) is 0. The second-order valence-electron chi connectivity index (χ2n) is 0. The van der Waals surface area contributed by atoms with Crippen LogP contribution >= 0.6 is 0 Å². The van der Waals surface area contributed by atoms with Gasteiger partial charge in [-0.15, -0.1) is 0 Å². The third-order valence-corrected chi connectivity index (χ3v) is 0. The predicted molar refractivity (Wildman–Crippen MR) is 8.54 cm³/mol. The molecule has 0 atom stereocenters. The van der Waals surface area contributed by atoms with E-state index in [1.165, 1.54) is 0 Å². The van der Waals surface area contributed by atoms with Gasteiger partial charge in [0, 0.05) is 60.6 Å². The molecule has 0 aliphatic heterocycles. The Morgan fingerprint density at radius 1 is 1.00 bits per heavy atom. The van der Waals surface area contributed by atoms with Crippen LogP contribution in [0.1, 0.15) is 0 Å². The standard InChI is InChI=1S/Cr.Cu.Pb.Zr.2H. The number of rotatable bonds is 0. The van der Waals surface area contributed by atoms with Crippen LogP contribution < -0.4 is 0 Å². The third-order valence-electron chi connectivity index (χ3n) is 0. The molecule has 0 bridgehead atoms. The minimum atomic E-state index is 0. The summed E-state index contributed by atoms with van der Waals surface area (Å²) in [6.45, 7) is 0. The van der Waals surface area contributed by atoms with Gasteiger partial charge in [-0.1, -0.05) is 0 Å². The van der Waals surface area contributed by atoms with Crippen molar-refractivity contribution in [3.63, 3.8) is 0 Å². The Hall–Kier alpha value is 2.86. The van der Waals surface area contributed by atoms with E-state index in [2.05, 4.69) is 0 Å². The molecule has 0 amide bonds. The van der Waals surface area contributed by atoms with Crippen molar-refractivity contribution in [2.24, 2.45) is 0 Å². The maximum atomic E-state index is 0. The average Bonchev–Trinajstić information content (AvgIpc) is 0. The molecule has 0 saturated carbocycles. The van der Waals surface area contributed by atoms with Crippen molar-refractivity contribution in [2.45, 2.75) is 0 Å². The maximum absolute atomic E-state index is 0. The summed E-state index contributed by atoms with van der Waals surface area (Å²) >= 11 is 0. The summed E-state index contributed by atoms with van der Waals surface area (Å²) in [7, 11) is 0. The van der Waals surface area contributed by atoms with Crippen molar-refractivity contribution in [1.29, 1.82) is 0 Å². The molecule has 4 heavy (non-hydrogen) atoms. The van der Waals surface area contributed by atoms with Gasteiger partial charge in [0.05, 0.1) is 0 Å². The van der Waals surface area contributed by atoms with Crippen LogP contribution in [0, 0.1) is 0 Å². The Bertz CT molecular complexity index is 8.00. The van der Waals surface area contributed by atoms with E-state index in [4.69, 9.17) is 0 Å². The molecule has 0 aromatic heterocycles. The molecule has 0 unspecified atom stereocenters. The number of hydrogen-bond acceptors (Lipinski definition) is 0. The van der Waals surface area contributed by atoms with Gasteiger partial charge in [-0.2, -0.15) is 0 Å². The molecule has 0 N–H and O–H groups in total. The van der Waals surface area contributed by atoms with Crippen molar-refractivity contribution >= 4 is 27.3 Å². The van der Waals surface area contributed by atoms with Crippen LogP contribution in [-0.2, 0) is 60.6 Å². The molecule has 0 aliphatic carbocycles. The van der Waals surface area contributed by atoms with E-state index in [0.29, 0.717) is 0 Å². The summed E-state index contributed by atoms with van der Waals surface area (Å²) < 4.78 is 0. The molecule has 27 valence electrons. The topological polar surface area (TPSA) is 0 Å². The van der Waals surface area contributed by atoms with E-state index in [-0.39, 0.29) is 87.9 Å². The van der Waals surface area contributed by atoms with Gasteiger partial charge in [0.1, 0.15) is 0 Å². The van der Waals surface area contributed by atoms with Crippen LogP contribution in [0.3, 0.4) is 0 Å². The SMILES string of the molecule is [Cr].[Cu].[PbH2].[Zr]. The summed E-state index contributed by atoms with van der Waals surface area (Å²) in [5.41, 5.74) is 0. The summed E-state index contributed by atoms with van der Waals surface area (Å²) in [5, 5.41) is 0. The van der Waals surface area contributed by atoms with E-state index in [0.717, 1.165) is 0 Å². The molecular formula is H2CrCuPbZr. The Morgan fingerprint density at radius 3 is 1.00 bits per heavy atom. The normalized spacial score (nSPS) is 0. The zero-order valence-corrected chi connectivity index (χ0v) is 12.1. The smallest absolute Gasteiger partial charge is 0 e. The van der Waals surface area contributed by atoms with Crippen molar-refractivity contribution in [2.75, 3.05) is 0 Å². The summed E-state index contributed by atoms with van der Waals surface area (Å²) in [4.78, 5) is 0. The molecule has 0 aromatic rings. The van der Waals surface area contributed by atoms with E-state index < -0.39 is 0 Å². The molecule has 0 rings (SSSR count). The first-order valence-corrected chi connectivity index (χ1v) is 0. The summed E-state index contributed by atoms with van der Waals surface area (Å²) in [6, 6.07) is 0. The molecule has 0 fully saturated rings. The second kappa shape index (κ2) is 16.9. The van der Waals surface area contributed by atoms with Crippen molar-refractivity contribution in [1.82, 2.24) is 0 Å².